The van der Waals surface area contributed by atoms with E-state index in [9.17, 15) is 4.79 Å². The molecule has 2 fully saturated rings. The Morgan fingerprint density at radius 3 is 2.37 bits per heavy atom. The molecule has 1 aliphatic heterocycles. The molecule has 1 saturated carbocycles. The van der Waals surface area contributed by atoms with E-state index >= 15 is 0 Å². The lowest BCUT2D eigenvalue weighted by molar-refractivity contribution is -0.135. The van der Waals surface area contributed by atoms with E-state index in [1.807, 2.05) is 47.4 Å². The SMILES string of the molecule is O=C(COc1ccc(-c2ccccc2)cc1)N(CC1CC1)CC1CCCO1. The standard InChI is InChI=1S/C23H27NO3/c25-23(24(15-18-8-9-18)16-22-7-4-14-26-22)17-27-21-12-10-20(11-13-21)19-5-2-1-3-6-19/h1-3,5-6,10-13,18,22H,4,7-9,14-17H2. The highest BCUT2D eigenvalue weighted by molar-refractivity contribution is 5.78. The first-order valence-electron chi connectivity index (χ1n) is 9.95. The van der Waals surface area contributed by atoms with Crippen molar-refractivity contribution < 1.29 is 14.3 Å². The van der Waals surface area contributed by atoms with Gasteiger partial charge in [-0.25, -0.2) is 0 Å². The van der Waals surface area contributed by atoms with Crippen molar-refractivity contribution >= 4 is 5.91 Å². The summed E-state index contributed by atoms with van der Waals surface area (Å²) >= 11 is 0. The third-order valence-electron chi connectivity index (χ3n) is 5.30. The molecule has 1 amide bonds. The molecule has 4 nitrogen and oxygen atoms in total. The zero-order valence-electron chi connectivity index (χ0n) is 15.7. The minimum Gasteiger partial charge on any atom is -0.484 e. The number of amides is 1. The normalized spacial score (nSPS) is 19.0. The smallest absolute Gasteiger partial charge is 0.260 e. The van der Waals surface area contributed by atoms with Crippen molar-refractivity contribution in [1.82, 2.24) is 4.90 Å². The molecule has 4 heteroatoms. The van der Waals surface area contributed by atoms with E-state index in [4.69, 9.17) is 9.47 Å². The Balaban J connectivity index is 1.32. The van der Waals surface area contributed by atoms with Crippen molar-refractivity contribution in [3.63, 3.8) is 0 Å². The topological polar surface area (TPSA) is 38.8 Å². The number of benzene rings is 2. The molecular formula is C23H27NO3. The molecule has 0 radical (unpaired) electrons. The van der Waals surface area contributed by atoms with Crippen LogP contribution in [0.4, 0.5) is 0 Å². The minimum atomic E-state index is 0.0598. The molecule has 27 heavy (non-hydrogen) atoms. The molecule has 1 saturated heterocycles. The summed E-state index contributed by atoms with van der Waals surface area (Å²) in [7, 11) is 0. The van der Waals surface area contributed by atoms with Crippen LogP contribution in [0, 0.1) is 5.92 Å². The van der Waals surface area contributed by atoms with Crippen LogP contribution in [0.3, 0.4) is 0 Å². The van der Waals surface area contributed by atoms with Crippen LogP contribution in [0.2, 0.25) is 0 Å². The summed E-state index contributed by atoms with van der Waals surface area (Å²) in [6.45, 7) is 2.45. The Kier molecular flexibility index (Phi) is 5.73. The van der Waals surface area contributed by atoms with Gasteiger partial charge in [-0.05, 0) is 54.9 Å². The van der Waals surface area contributed by atoms with Crippen LogP contribution in [0.25, 0.3) is 11.1 Å². The van der Waals surface area contributed by atoms with Gasteiger partial charge in [-0.15, -0.1) is 0 Å². The van der Waals surface area contributed by atoms with Crippen molar-refractivity contribution in [2.75, 3.05) is 26.3 Å². The van der Waals surface area contributed by atoms with Gasteiger partial charge in [-0.1, -0.05) is 42.5 Å². The van der Waals surface area contributed by atoms with Gasteiger partial charge in [-0.2, -0.15) is 0 Å². The third-order valence-corrected chi connectivity index (χ3v) is 5.30. The van der Waals surface area contributed by atoms with E-state index in [1.54, 1.807) is 0 Å². The summed E-state index contributed by atoms with van der Waals surface area (Å²) in [6.07, 6.45) is 4.81. The second kappa shape index (κ2) is 8.57. The van der Waals surface area contributed by atoms with E-state index in [-0.39, 0.29) is 18.6 Å². The summed E-state index contributed by atoms with van der Waals surface area (Å²) in [5, 5.41) is 0. The van der Waals surface area contributed by atoms with Crippen molar-refractivity contribution in [2.45, 2.75) is 31.8 Å². The Bertz CT molecular complexity index is 734. The highest BCUT2D eigenvalue weighted by atomic mass is 16.5. The van der Waals surface area contributed by atoms with E-state index in [1.165, 1.54) is 18.4 Å². The molecule has 1 unspecified atom stereocenters. The fourth-order valence-electron chi connectivity index (χ4n) is 3.53. The fourth-order valence-corrected chi connectivity index (χ4v) is 3.53. The molecule has 2 aromatic rings. The number of carbonyl (C=O) groups excluding carboxylic acids is 1. The fraction of sp³-hybridized carbons (Fsp3) is 0.435. The first kappa shape index (κ1) is 18.1. The van der Waals surface area contributed by atoms with Crippen molar-refractivity contribution in [3.8, 4) is 16.9 Å². The largest absolute Gasteiger partial charge is 0.484 e. The summed E-state index contributed by atoms with van der Waals surface area (Å²) in [5.41, 5.74) is 2.32. The Labute approximate surface area is 161 Å². The van der Waals surface area contributed by atoms with Gasteiger partial charge in [0.1, 0.15) is 5.75 Å². The number of carbonyl (C=O) groups is 1. The molecule has 142 valence electrons. The van der Waals surface area contributed by atoms with Gasteiger partial charge in [0, 0.05) is 19.7 Å². The predicted molar refractivity (Wildman–Crippen MR) is 106 cm³/mol. The number of rotatable bonds is 8. The number of ether oxygens (including phenoxy) is 2. The minimum absolute atomic E-state index is 0.0598. The molecule has 0 aromatic heterocycles. The average Bonchev–Trinajstić information content (AvgIpc) is 3.39. The van der Waals surface area contributed by atoms with Crippen LogP contribution in [-0.4, -0.2) is 43.2 Å². The van der Waals surface area contributed by atoms with Crippen molar-refractivity contribution in [1.29, 1.82) is 0 Å². The van der Waals surface area contributed by atoms with Crippen LogP contribution in [0.15, 0.2) is 54.6 Å². The molecular weight excluding hydrogens is 338 g/mol. The van der Waals surface area contributed by atoms with Gasteiger partial charge >= 0.3 is 0 Å². The number of hydrogen-bond donors (Lipinski definition) is 0. The average molecular weight is 365 g/mol. The van der Waals surface area contributed by atoms with Crippen LogP contribution >= 0.6 is 0 Å². The second-order valence-electron chi connectivity index (χ2n) is 7.56. The van der Waals surface area contributed by atoms with Gasteiger partial charge < -0.3 is 14.4 Å². The Morgan fingerprint density at radius 2 is 1.70 bits per heavy atom. The highest BCUT2D eigenvalue weighted by Gasteiger charge is 2.29. The first-order valence-corrected chi connectivity index (χ1v) is 9.95. The predicted octanol–water partition coefficient (Wildman–Crippen LogP) is 4.15. The maximum atomic E-state index is 12.7. The van der Waals surface area contributed by atoms with Crippen LogP contribution in [-0.2, 0) is 9.53 Å². The monoisotopic (exact) mass is 365 g/mol. The van der Waals surface area contributed by atoms with Gasteiger partial charge in [-0.3, -0.25) is 4.79 Å². The highest BCUT2D eigenvalue weighted by Crippen LogP contribution is 2.30. The first-order chi connectivity index (χ1) is 13.3. The van der Waals surface area contributed by atoms with Crippen LogP contribution in [0.5, 0.6) is 5.75 Å². The summed E-state index contributed by atoms with van der Waals surface area (Å²) in [5.74, 6) is 1.46. The lowest BCUT2D eigenvalue weighted by Crippen LogP contribution is -2.41. The summed E-state index contributed by atoms with van der Waals surface area (Å²) in [6, 6.07) is 18.2. The van der Waals surface area contributed by atoms with Gasteiger partial charge in [0.15, 0.2) is 6.61 Å². The van der Waals surface area contributed by atoms with Gasteiger partial charge in [0.25, 0.3) is 5.91 Å². The molecule has 1 aliphatic carbocycles. The van der Waals surface area contributed by atoms with E-state index in [0.29, 0.717) is 12.5 Å². The Morgan fingerprint density at radius 1 is 0.963 bits per heavy atom. The molecule has 0 N–H and O–H groups in total. The van der Waals surface area contributed by atoms with Crippen molar-refractivity contribution in [3.05, 3.63) is 54.6 Å². The second-order valence-corrected chi connectivity index (χ2v) is 7.56. The summed E-state index contributed by atoms with van der Waals surface area (Å²) < 4.78 is 11.5. The zero-order valence-corrected chi connectivity index (χ0v) is 15.7. The lowest BCUT2D eigenvalue weighted by Gasteiger charge is -2.25. The third kappa shape index (κ3) is 5.10. The maximum Gasteiger partial charge on any atom is 0.260 e. The maximum absolute atomic E-state index is 12.7. The molecule has 0 bridgehead atoms. The Hall–Kier alpha value is -2.33. The van der Waals surface area contributed by atoms with E-state index in [0.717, 1.165) is 37.3 Å². The molecule has 1 heterocycles. The molecule has 2 aromatic carbocycles. The summed E-state index contributed by atoms with van der Waals surface area (Å²) in [4.78, 5) is 14.7. The van der Waals surface area contributed by atoms with Crippen LogP contribution < -0.4 is 4.74 Å². The number of hydrogen-bond acceptors (Lipinski definition) is 3. The van der Waals surface area contributed by atoms with Gasteiger partial charge in [0.2, 0.25) is 0 Å². The van der Waals surface area contributed by atoms with Gasteiger partial charge in [0.05, 0.1) is 6.10 Å². The number of nitrogens with zero attached hydrogens (tertiary/aromatic N) is 1. The molecule has 4 rings (SSSR count). The van der Waals surface area contributed by atoms with E-state index in [2.05, 4.69) is 12.1 Å². The molecule has 2 aliphatic rings. The quantitative estimate of drug-likeness (QED) is 0.705. The zero-order chi connectivity index (χ0) is 18.5. The van der Waals surface area contributed by atoms with Crippen molar-refractivity contribution in [2.24, 2.45) is 5.92 Å². The van der Waals surface area contributed by atoms with Crippen LogP contribution in [0.1, 0.15) is 25.7 Å². The molecule has 0 spiro atoms. The lowest BCUT2D eigenvalue weighted by atomic mass is 10.1. The van der Waals surface area contributed by atoms with E-state index < -0.39 is 0 Å². The molecule has 1 atom stereocenters.